The van der Waals surface area contributed by atoms with E-state index >= 15 is 0 Å². The quantitative estimate of drug-likeness (QED) is 0.168. The standard InChI is InChI=1S/C57H36N6/c1-4-16-37(17-5-1)55-58-56(38-18-6-2-7-19-38)60-57(59-55)39-28-30-41(31-29-39)63-49-26-14-10-22-43(49)45-33-35-52-53(54(45)63)46-24-12-15-27-50(46)62(52)42-32-34-51-47(36-42)44-23-11-13-25-48(44)61(51)40-20-8-3-9-21-40/h1-36H. The molecular weight excluding hydrogens is 769 g/mol. The van der Waals surface area contributed by atoms with Gasteiger partial charge in [0.25, 0.3) is 0 Å². The Bertz CT molecular complexity index is 3820. The van der Waals surface area contributed by atoms with Gasteiger partial charge in [0.2, 0.25) is 0 Å². The first kappa shape index (κ1) is 35.2. The van der Waals surface area contributed by atoms with Gasteiger partial charge in [-0.15, -0.1) is 0 Å². The summed E-state index contributed by atoms with van der Waals surface area (Å²) >= 11 is 0. The zero-order valence-corrected chi connectivity index (χ0v) is 34.0. The van der Waals surface area contributed by atoms with E-state index in [2.05, 4.69) is 171 Å². The Morgan fingerprint density at radius 1 is 0.254 bits per heavy atom. The normalized spacial score (nSPS) is 11.8. The first-order valence-corrected chi connectivity index (χ1v) is 21.3. The second kappa shape index (κ2) is 14.0. The third-order valence-corrected chi connectivity index (χ3v) is 12.5. The van der Waals surface area contributed by atoms with Crippen LogP contribution >= 0.6 is 0 Å². The lowest BCUT2D eigenvalue weighted by molar-refractivity contribution is 1.07. The van der Waals surface area contributed by atoms with Gasteiger partial charge in [-0.3, -0.25) is 0 Å². The van der Waals surface area contributed by atoms with Gasteiger partial charge in [-0.25, -0.2) is 15.0 Å². The lowest BCUT2D eigenvalue weighted by Crippen LogP contribution is -2.00. The lowest BCUT2D eigenvalue weighted by Gasteiger charge is -2.12. The Balaban J connectivity index is 1.01. The molecule has 0 amide bonds. The molecule has 0 aliphatic rings. The van der Waals surface area contributed by atoms with Crippen molar-refractivity contribution in [1.29, 1.82) is 0 Å². The number of benzene rings is 9. The molecule has 4 heterocycles. The highest BCUT2D eigenvalue weighted by atomic mass is 15.0. The highest BCUT2D eigenvalue weighted by molar-refractivity contribution is 6.26. The van der Waals surface area contributed by atoms with E-state index in [4.69, 9.17) is 15.0 Å². The largest absolute Gasteiger partial charge is 0.309 e. The van der Waals surface area contributed by atoms with Crippen molar-refractivity contribution < 1.29 is 0 Å². The van der Waals surface area contributed by atoms with Crippen LogP contribution in [0.5, 0.6) is 0 Å². The number of fused-ring (bicyclic) bond motifs is 10. The van der Waals surface area contributed by atoms with Crippen molar-refractivity contribution in [3.8, 4) is 51.2 Å². The highest BCUT2D eigenvalue weighted by Crippen LogP contribution is 2.43. The molecule has 13 aromatic rings. The summed E-state index contributed by atoms with van der Waals surface area (Å²) in [6, 6.07) is 77.4. The van der Waals surface area contributed by atoms with E-state index in [1.54, 1.807) is 0 Å². The van der Waals surface area contributed by atoms with Gasteiger partial charge in [0.1, 0.15) is 0 Å². The fourth-order valence-electron chi connectivity index (χ4n) is 9.71. The molecule has 0 spiro atoms. The summed E-state index contributed by atoms with van der Waals surface area (Å²) in [6.07, 6.45) is 0. The molecule has 6 heteroatoms. The van der Waals surface area contributed by atoms with Gasteiger partial charge in [0.05, 0.1) is 33.1 Å². The van der Waals surface area contributed by atoms with E-state index in [0.29, 0.717) is 17.5 Å². The molecule has 0 atom stereocenters. The van der Waals surface area contributed by atoms with Gasteiger partial charge in [-0.1, -0.05) is 140 Å². The second-order valence-corrected chi connectivity index (χ2v) is 16.0. The summed E-state index contributed by atoms with van der Waals surface area (Å²) in [6.45, 7) is 0. The predicted molar refractivity (Wildman–Crippen MR) is 259 cm³/mol. The number of aromatic nitrogens is 6. The summed E-state index contributed by atoms with van der Waals surface area (Å²) in [7, 11) is 0. The molecule has 0 N–H and O–H groups in total. The summed E-state index contributed by atoms with van der Waals surface area (Å²) in [5, 5.41) is 7.30. The molecule has 0 aliphatic carbocycles. The van der Waals surface area contributed by atoms with Crippen LogP contribution in [-0.2, 0) is 0 Å². The molecule has 294 valence electrons. The highest BCUT2D eigenvalue weighted by Gasteiger charge is 2.22. The summed E-state index contributed by atoms with van der Waals surface area (Å²) in [4.78, 5) is 15.0. The molecule has 0 aliphatic heterocycles. The van der Waals surface area contributed by atoms with Crippen molar-refractivity contribution in [2.24, 2.45) is 0 Å². The Labute approximate surface area is 362 Å². The van der Waals surface area contributed by atoms with Crippen molar-refractivity contribution in [3.63, 3.8) is 0 Å². The van der Waals surface area contributed by atoms with E-state index in [1.807, 2.05) is 60.7 Å². The molecule has 0 unspecified atom stereocenters. The van der Waals surface area contributed by atoms with E-state index in [1.165, 1.54) is 48.9 Å². The number of nitrogens with zero attached hydrogens (tertiary/aromatic N) is 6. The van der Waals surface area contributed by atoms with Gasteiger partial charge in [-0.05, 0) is 78.9 Å². The Morgan fingerprint density at radius 2 is 0.667 bits per heavy atom. The molecule has 6 nitrogen and oxygen atoms in total. The van der Waals surface area contributed by atoms with Crippen LogP contribution in [0, 0.1) is 0 Å². The van der Waals surface area contributed by atoms with Crippen LogP contribution in [0.2, 0.25) is 0 Å². The Morgan fingerprint density at radius 3 is 1.29 bits per heavy atom. The first-order chi connectivity index (χ1) is 31.3. The van der Waals surface area contributed by atoms with E-state index < -0.39 is 0 Å². The summed E-state index contributed by atoms with van der Waals surface area (Å²) in [5.74, 6) is 1.92. The van der Waals surface area contributed by atoms with Gasteiger partial charge in [-0.2, -0.15) is 0 Å². The molecule has 9 aromatic carbocycles. The molecule has 13 rings (SSSR count). The Hall–Kier alpha value is -8.61. The van der Waals surface area contributed by atoms with Crippen molar-refractivity contribution in [1.82, 2.24) is 28.7 Å². The van der Waals surface area contributed by atoms with E-state index in [9.17, 15) is 0 Å². The second-order valence-electron chi connectivity index (χ2n) is 16.0. The van der Waals surface area contributed by atoms with Gasteiger partial charge >= 0.3 is 0 Å². The minimum absolute atomic E-state index is 0.630. The van der Waals surface area contributed by atoms with Crippen molar-refractivity contribution in [2.75, 3.05) is 0 Å². The molecule has 0 saturated heterocycles. The summed E-state index contributed by atoms with van der Waals surface area (Å²) in [5.41, 5.74) is 13.2. The molecular formula is C57H36N6. The van der Waals surface area contributed by atoms with Crippen LogP contribution in [0.3, 0.4) is 0 Å². The topological polar surface area (TPSA) is 53.5 Å². The van der Waals surface area contributed by atoms with Crippen LogP contribution in [-0.4, -0.2) is 28.7 Å². The number of para-hydroxylation sites is 4. The van der Waals surface area contributed by atoms with Gasteiger partial charge in [0, 0.05) is 66.1 Å². The lowest BCUT2D eigenvalue weighted by atomic mass is 10.1. The SMILES string of the molecule is c1ccc(-c2nc(-c3ccccc3)nc(-c3ccc(-n4c5ccccc5c5ccc6c(c7ccccc7n6-c6ccc7c(c6)c6ccccc6n7-c6ccccc6)c54)cc3)n2)cc1. The van der Waals surface area contributed by atoms with Gasteiger partial charge in [0.15, 0.2) is 17.5 Å². The molecule has 4 aromatic heterocycles. The number of hydrogen-bond acceptors (Lipinski definition) is 3. The molecule has 0 fully saturated rings. The minimum Gasteiger partial charge on any atom is -0.309 e. The molecule has 63 heavy (non-hydrogen) atoms. The third-order valence-electron chi connectivity index (χ3n) is 12.5. The van der Waals surface area contributed by atoms with Crippen molar-refractivity contribution in [2.45, 2.75) is 0 Å². The number of hydrogen-bond donors (Lipinski definition) is 0. The van der Waals surface area contributed by atoms with Crippen LogP contribution in [0.1, 0.15) is 0 Å². The van der Waals surface area contributed by atoms with E-state index in [-0.39, 0.29) is 0 Å². The maximum absolute atomic E-state index is 5.02. The Kier molecular flexibility index (Phi) is 7.80. The van der Waals surface area contributed by atoms with Crippen LogP contribution < -0.4 is 0 Å². The molecule has 0 saturated carbocycles. The minimum atomic E-state index is 0.630. The first-order valence-electron chi connectivity index (χ1n) is 21.3. The molecule has 0 bridgehead atoms. The van der Waals surface area contributed by atoms with Crippen molar-refractivity contribution >= 4 is 65.4 Å². The average molecular weight is 805 g/mol. The maximum Gasteiger partial charge on any atom is 0.164 e. The third kappa shape index (κ3) is 5.48. The van der Waals surface area contributed by atoms with E-state index in [0.717, 1.165) is 50.3 Å². The summed E-state index contributed by atoms with van der Waals surface area (Å²) < 4.78 is 7.25. The zero-order chi connectivity index (χ0) is 41.4. The van der Waals surface area contributed by atoms with Crippen molar-refractivity contribution in [3.05, 3.63) is 218 Å². The average Bonchev–Trinajstić information content (AvgIpc) is 4.00. The molecule has 0 radical (unpaired) electrons. The van der Waals surface area contributed by atoms with Gasteiger partial charge < -0.3 is 13.7 Å². The smallest absolute Gasteiger partial charge is 0.164 e. The fraction of sp³-hybridized carbons (Fsp3) is 0. The maximum atomic E-state index is 5.02. The predicted octanol–water partition coefficient (Wildman–Crippen LogP) is 14.2. The fourth-order valence-corrected chi connectivity index (χ4v) is 9.71. The van der Waals surface area contributed by atoms with Crippen LogP contribution in [0.25, 0.3) is 117 Å². The van der Waals surface area contributed by atoms with Crippen LogP contribution in [0.4, 0.5) is 0 Å². The number of rotatable bonds is 6. The van der Waals surface area contributed by atoms with Crippen LogP contribution in [0.15, 0.2) is 218 Å². The zero-order valence-electron chi connectivity index (χ0n) is 34.0. The monoisotopic (exact) mass is 804 g/mol.